The summed E-state index contributed by atoms with van der Waals surface area (Å²) in [5.41, 5.74) is 0.443. The minimum atomic E-state index is -3.78. The molecule has 0 heterocycles. The van der Waals surface area contributed by atoms with Gasteiger partial charge in [-0.3, -0.25) is 0 Å². The highest BCUT2D eigenvalue weighted by molar-refractivity contribution is 9.10. The molecule has 0 unspecified atom stereocenters. The zero-order valence-electron chi connectivity index (χ0n) is 11.3. The highest BCUT2D eigenvalue weighted by atomic mass is 79.9. The van der Waals surface area contributed by atoms with Crippen molar-refractivity contribution >= 4 is 54.7 Å². The molecule has 2 aromatic carbocycles. The summed E-state index contributed by atoms with van der Waals surface area (Å²) in [6, 6.07) is 7.31. The van der Waals surface area contributed by atoms with Gasteiger partial charge in [-0.1, -0.05) is 0 Å². The van der Waals surface area contributed by atoms with Crippen molar-refractivity contribution in [3.8, 4) is 0 Å². The number of nitrogens with two attached hydrogens (primary N) is 1. The first-order valence-corrected chi connectivity index (χ1v) is 8.77. The normalized spacial score (nSPS) is 11.1. The van der Waals surface area contributed by atoms with Gasteiger partial charge in [0.05, 0.1) is 10.6 Å². The van der Waals surface area contributed by atoms with Crippen LogP contribution in [0, 0.1) is 11.6 Å². The monoisotopic (exact) mass is 421 g/mol. The van der Waals surface area contributed by atoms with Gasteiger partial charge < -0.3 is 10.6 Å². The number of hydrogen-bond acceptors (Lipinski definition) is 3. The van der Waals surface area contributed by atoms with Crippen molar-refractivity contribution in [3.63, 3.8) is 0 Å². The first-order valence-electron chi connectivity index (χ1n) is 6.02. The van der Waals surface area contributed by atoms with Gasteiger partial charge in [0.15, 0.2) is 10.9 Å². The molecule has 0 aliphatic carbocycles. The van der Waals surface area contributed by atoms with Crippen LogP contribution in [-0.4, -0.2) is 13.5 Å². The summed E-state index contributed by atoms with van der Waals surface area (Å²) in [5.74, 6) is -1.54. The number of hydrogen-bond donors (Lipinski definition) is 3. The van der Waals surface area contributed by atoms with Gasteiger partial charge in [0.25, 0.3) is 0 Å². The molecule has 4 N–H and O–H groups in total. The molecule has 0 saturated heterocycles. The summed E-state index contributed by atoms with van der Waals surface area (Å²) in [4.78, 5) is -0.0470. The van der Waals surface area contributed by atoms with E-state index in [0.717, 1.165) is 12.1 Å². The Hall–Kier alpha value is -1.62. The van der Waals surface area contributed by atoms with Gasteiger partial charge in [0, 0.05) is 16.2 Å². The molecule has 0 aromatic heterocycles. The maximum Gasteiger partial charge on any atom is 0.238 e. The van der Waals surface area contributed by atoms with Gasteiger partial charge in [0.2, 0.25) is 10.0 Å². The number of benzene rings is 2. The first kappa shape index (κ1) is 17.7. The van der Waals surface area contributed by atoms with Crippen LogP contribution in [0.15, 0.2) is 45.8 Å². The SMILES string of the molecule is NS(=O)(=O)c1ccc(NC(=S)Nc2c(F)cc(F)cc2Br)cc1. The van der Waals surface area contributed by atoms with Crippen LogP contribution in [0.5, 0.6) is 0 Å². The molecule has 23 heavy (non-hydrogen) atoms. The minimum absolute atomic E-state index is 0.0231. The minimum Gasteiger partial charge on any atom is -0.332 e. The van der Waals surface area contributed by atoms with E-state index in [1.165, 1.54) is 24.3 Å². The third kappa shape index (κ3) is 4.67. The predicted molar refractivity (Wildman–Crippen MR) is 91.7 cm³/mol. The van der Waals surface area contributed by atoms with Gasteiger partial charge in [-0.25, -0.2) is 22.3 Å². The van der Waals surface area contributed by atoms with Crippen LogP contribution in [0.2, 0.25) is 0 Å². The van der Waals surface area contributed by atoms with Crippen molar-refractivity contribution in [2.45, 2.75) is 4.90 Å². The van der Waals surface area contributed by atoms with Crippen molar-refractivity contribution in [1.29, 1.82) is 0 Å². The van der Waals surface area contributed by atoms with Gasteiger partial charge in [-0.05, 0) is 58.5 Å². The van der Waals surface area contributed by atoms with Crippen molar-refractivity contribution in [1.82, 2.24) is 0 Å². The molecular formula is C13H10BrF2N3O2S2. The lowest BCUT2D eigenvalue weighted by atomic mass is 10.3. The molecule has 0 amide bonds. The van der Waals surface area contributed by atoms with E-state index in [9.17, 15) is 17.2 Å². The van der Waals surface area contributed by atoms with Crippen LogP contribution >= 0.6 is 28.1 Å². The van der Waals surface area contributed by atoms with Gasteiger partial charge in [0.1, 0.15) is 5.82 Å². The number of primary sulfonamides is 1. The Kier molecular flexibility index (Phi) is 5.30. The third-order valence-corrected chi connectivity index (χ3v) is 4.44. The van der Waals surface area contributed by atoms with Crippen molar-refractivity contribution in [2.75, 3.05) is 10.6 Å². The summed E-state index contributed by atoms with van der Waals surface area (Å²) >= 11 is 8.06. The Morgan fingerprint density at radius 1 is 1.13 bits per heavy atom. The average Bonchev–Trinajstić information content (AvgIpc) is 2.42. The summed E-state index contributed by atoms with van der Waals surface area (Å²) in [5, 5.41) is 10.4. The fraction of sp³-hybridized carbons (Fsp3) is 0. The summed E-state index contributed by atoms with van der Waals surface area (Å²) in [6.07, 6.45) is 0. The molecule has 0 radical (unpaired) electrons. The smallest absolute Gasteiger partial charge is 0.238 e. The molecule has 5 nitrogen and oxygen atoms in total. The number of rotatable bonds is 3. The zero-order chi connectivity index (χ0) is 17.2. The highest BCUT2D eigenvalue weighted by Gasteiger charge is 2.12. The lowest BCUT2D eigenvalue weighted by molar-refractivity contribution is 0.585. The van der Waals surface area contributed by atoms with E-state index in [1.54, 1.807) is 0 Å². The van der Waals surface area contributed by atoms with E-state index in [1.807, 2.05) is 0 Å². The lowest BCUT2D eigenvalue weighted by Crippen LogP contribution is -2.20. The topological polar surface area (TPSA) is 84.2 Å². The van der Waals surface area contributed by atoms with Crippen LogP contribution in [-0.2, 0) is 10.0 Å². The number of nitrogens with one attached hydrogen (secondary N) is 2. The molecule has 0 saturated carbocycles. The van der Waals surface area contributed by atoms with Crippen molar-refractivity contribution in [3.05, 3.63) is 52.5 Å². The summed E-state index contributed by atoms with van der Waals surface area (Å²) in [6.45, 7) is 0. The van der Waals surface area contributed by atoms with E-state index in [4.69, 9.17) is 17.4 Å². The van der Waals surface area contributed by atoms with E-state index in [2.05, 4.69) is 26.6 Å². The number of halogens is 3. The van der Waals surface area contributed by atoms with Crippen LogP contribution in [0.25, 0.3) is 0 Å². The Balaban J connectivity index is 2.11. The molecule has 2 aromatic rings. The molecule has 0 fully saturated rings. The summed E-state index contributed by atoms with van der Waals surface area (Å²) < 4.78 is 49.2. The predicted octanol–water partition coefficient (Wildman–Crippen LogP) is 3.18. The molecule has 0 atom stereocenters. The quantitative estimate of drug-likeness (QED) is 0.662. The summed E-state index contributed by atoms with van der Waals surface area (Å²) in [7, 11) is -3.78. The molecular weight excluding hydrogens is 412 g/mol. The van der Waals surface area contributed by atoms with Crippen LogP contribution < -0.4 is 15.8 Å². The fourth-order valence-corrected chi connectivity index (χ4v) is 2.91. The maximum absolute atomic E-state index is 13.7. The molecule has 2 rings (SSSR count). The molecule has 0 spiro atoms. The van der Waals surface area contributed by atoms with E-state index < -0.39 is 21.7 Å². The van der Waals surface area contributed by atoms with E-state index in [-0.39, 0.29) is 20.2 Å². The molecule has 0 aliphatic rings. The van der Waals surface area contributed by atoms with Crippen LogP contribution in [0.1, 0.15) is 0 Å². The second kappa shape index (κ2) is 6.87. The average molecular weight is 422 g/mol. The highest BCUT2D eigenvalue weighted by Crippen LogP contribution is 2.27. The Bertz CT molecular complexity index is 835. The molecule has 0 aliphatic heterocycles. The lowest BCUT2D eigenvalue weighted by Gasteiger charge is -2.13. The van der Waals surface area contributed by atoms with Crippen molar-refractivity contribution in [2.24, 2.45) is 5.14 Å². The number of sulfonamides is 1. The van der Waals surface area contributed by atoms with Gasteiger partial charge in [-0.15, -0.1) is 0 Å². The second-order valence-corrected chi connectivity index (χ2v) is 7.22. The fourth-order valence-electron chi connectivity index (χ4n) is 1.67. The molecule has 0 bridgehead atoms. The van der Waals surface area contributed by atoms with Crippen LogP contribution in [0.3, 0.4) is 0 Å². The Morgan fingerprint density at radius 2 is 1.74 bits per heavy atom. The number of thiocarbonyl (C=S) groups is 1. The second-order valence-electron chi connectivity index (χ2n) is 4.39. The maximum atomic E-state index is 13.7. The zero-order valence-corrected chi connectivity index (χ0v) is 14.5. The molecule has 122 valence electrons. The van der Waals surface area contributed by atoms with Gasteiger partial charge in [-0.2, -0.15) is 0 Å². The van der Waals surface area contributed by atoms with Gasteiger partial charge >= 0.3 is 0 Å². The number of anilines is 2. The van der Waals surface area contributed by atoms with E-state index >= 15 is 0 Å². The largest absolute Gasteiger partial charge is 0.332 e. The standard InChI is InChI=1S/C13H10BrF2N3O2S2/c14-10-5-7(15)6-11(16)12(10)19-13(22)18-8-1-3-9(4-2-8)23(17,20)21/h1-6H,(H2,17,20,21)(H2,18,19,22). The van der Waals surface area contributed by atoms with E-state index in [0.29, 0.717) is 5.69 Å². The molecule has 10 heteroatoms. The van der Waals surface area contributed by atoms with Crippen molar-refractivity contribution < 1.29 is 17.2 Å². The Morgan fingerprint density at radius 3 is 2.26 bits per heavy atom. The Labute approximate surface area is 145 Å². The van der Waals surface area contributed by atoms with Crippen LogP contribution in [0.4, 0.5) is 20.2 Å². The third-order valence-electron chi connectivity index (χ3n) is 2.69. The first-order chi connectivity index (χ1) is 10.7.